The Morgan fingerprint density at radius 1 is 1.26 bits per heavy atom. The second kappa shape index (κ2) is 4.89. The summed E-state index contributed by atoms with van der Waals surface area (Å²) >= 11 is 1.88. The lowest BCUT2D eigenvalue weighted by molar-refractivity contribution is 0.156. The quantitative estimate of drug-likeness (QED) is 0.904. The van der Waals surface area contributed by atoms with Crippen molar-refractivity contribution < 1.29 is 0 Å². The summed E-state index contributed by atoms with van der Waals surface area (Å²) in [7, 11) is 0. The van der Waals surface area contributed by atoms with Crippen LogP contribution in [0.3, 0.4) is 0 Å². The van der Waals surface area contributed by atoms with Gasteiger partial charge in [0.25, 0.3) is 0 Å². The Hall–Kier alpha value is -0.900. The molecule has 2 nitrogen and oxygen atoms in total. The standard InChI is InChI=1S/C16H20N2S/c1-2-4-16-14(3-1)13(11-19-16)10-18-8-6-15-12(9-18)5-7-17-15/h1-4,11-12,15,17H,5-10H2. The number of rotatable bonds is 2. The number of hydrogen-bond donors (Lipinski definition) is 1. The molecule has 100 valence electrons. The monoisotopic (exact) mass is 272 g/mol. The van der Waals surface area contributed by atoms with Crippen LogP contribution in [0.15, 0.2) is 29.6 Å². The maximum absolute atomic E-state index is 3.64. The van der Waals surface area contributed by atoms with E-state index < -0.39 is 0 Å². The zero-order chi connectivity index (χ0) is 12.7. The summed E-state index contributed by atoms with van der Waals surface area (Å²) in [6.07, 6.45) is 2.69. The molecule has 2 aliphatic rings. The molecule has 2 fully saturated rings. The van der Waals surface area contributed by atoms with Gasteiger partial charge in [0.1, 0.15) is 0 Å². The fourth-order valence-electron chi connectivity index (χ4n) is 3.66. The van der Waals surface area contributed by atoms with Gasteiger partial charge < -0.3 is 5.32 Å². The number of nitrogens with one attached hydrogen (secondary N) is 1. The van der Waals surface area contributed by atoms with Crippen LogP contribution in [0.5, 0.6) is 0 Å². The molecule has 2 unspecified atom stereocenters. The van der Waals surface area contributed by atoms with E-state index in [1.807, 2.05) is 11.3 Å². The van der Waals surface area contributed by atoms with Crippen LogP contribution in [0.25, 0.3) is 10.1 Å². The largest absolute Gasteiger partial charge is 0.314 e. The Balaban J connectivity index is 1.52. The van der Waals surface area contributed by atoms with Gasteiger partial charge in [0, 0.05) is 23.8 Å². The molecule has 2 atom stereocenters. The van der Waals surface area contributed by atoms with E-state index in [0.29, 0.717) is 0 Å². The molecule has 2 aliphatic heterocycles. The third-order valence-corrected chi connectivity index (χ3v) is 5.71. The number of hydrogen-bond acceptors (Lipinski definition) is 3. The Labute approximate surface area is 118 Å². The molecule has 0 aliphatic carbocycles. The van der Waals surface area contributed by atoms with E-state index in [-0.39, 0.29) is 0 Å². The van der Waals surface area contributed by atoms with Crippen molar-refractivity contribution in [1.82, 2.24) is 10.2 Å². The van der Waals surface area contributed by atoms with E-state index in [0.717, 1.165) is 18.5 Å². The summed E-state index contributed by atoms with van der Waals surface area (Å²) in [5.74, 6) is 0.888. The summed E-state index contributed by atoms with van der Waals surface area (Å²) in [4.78, 5) is 2.66. The Morgan fingerprint density at radius 3 is 3.21 bits per heavy atom. The predicted octanol–water partition coefficient (Wildman–Crippen LogP) is 3.09. The zero-order valence-corrected chi connectivity index (χ0v) is 12.0. The molecule has 0 radical (unpaired) electrons. The molecule has 0 bridgehead atoms. The molecule has 0 spiro atoms. The van der Waals surface area contributed by atoms with Crippen LogP contribution in [0.4, 0.5) is 0 Å². The highest BCUT2D eigenvalue weighted by Gasteiger charge is 2.32. The van der Waals surface area contributed by atoms with Crippen LogP contribution in [0.2, 0.25) is 0 Å². The molecule has 3 heteroatoms. The number of fused-ring (bicyclic) bond motifs is 2. The van der Waals surface area contributed by atoms with Crippen molar-refractivity contribution in [1.29, 1.82) is 0 Å². The topological polar surface area (TPSA) is 15.3 Å². The zero-order valence-electron chi connectivity index (χ0n) is 11.1. The van der Waals surface area contributed by atoms with Crippen molar-refractivity contribution in [2.75, 3.05) is 19.6 Å². The first-order valence-electron chi connectivity index (χ1n) is 7.31. The van der Waals surface area contributed by atoms with Crippen LogP contribution in [-0.4, -0.2) is 30.6 Å². The number of nitrogens with zero attached hydrogens (tertiary/aromatic N) is 1. The fourth-order valence-corrected chi connectivity index (χ4v) is 4.62. The van der Waals surface area contributed by atoms with Crippen molar-refractivity contribution in [2.45, 2.75) is 25.4 Å². The van der Waals surface area contributed by atoms with Crippen LogP contribution in [0, 0.1) is 5.92 Å². The molecular formula is C16H20N2S. The third kappa shape index (κ3) is 2.20. The smallest absolute Gasteiger partial charge is 0.0346 e. The average molecular weight is 272 g/mol. The third-order valence-electron chi connectivity index (χ3n) is 4.69. The van der Waals surface area contributed by atoms with Gasteiger partial charge >= 0.3 is 0 Å². The second-order valence-electron chi connectivity index (χ2n) is 5.89. The van der Waals surface area contributed by atoms with Crippen LogP contribution < -0.4 is 5.32 Å². The number of thiophene rings is 1. The Kier molecular flexibility index (Phi) is 3.06. The van der Waals surface area contributed by atoms with E-state index >= 15 is 0 Å². The lowest BCUT2D eigenvalue weighted by Crippen LogP contribution is -2.43. The van der Waals surface area contributed by atoms with E-state index in [9.17, 15) is 0 Å². The predicted molar refractivity (Wildman–Crippen MR) is 81.6 cm³/mol. The SMILES string of the molecule is c1ccc2c(CN3CCC4NCCC4C3)csc2c1. The lowest BCUT2D eigenvalue weighted by atomic mass is 9.93. The van der Waals surface area contributed by atoms with Crippen molar-refractivity contribution in [2.24, 2.45) is 5.92 Å². The van der Waals surface area contributed by atoms with Gasteiger partial charge in [-0.1, -0.05) is 18.2 Å². The number of piperidine rings is 1. The van der Waals surface area contributed by atoms with Crippen LogP contribution in [0.1, 0.15) is 18.4 Å². The highest BCUT2D eigenvalue weighted by Crippen LogP contribution is 2.29. The van der Waals surface area contributed by atoms with Crippen LogP contribution in [-0.2, 0) is 6.54 Å². The normalized spacial score (nSPS) is 27.8. The highest BCUT2D eigenvalue weighted by molar-refractivity contribution is 7.17. The molecule has 0 amide bonds. The molecular weight excluding hydrogens is 252 g/mol. The molecule has 4 rings (SSSR count). The van der Waals surface area contributed by atoms with Gasteiger partial charge in [0.15, 0.2) is 0 Å². The maximum atomic E-state index is 3.64. The van der Waals surface area contributed by atoms with Crippen molar-refractivity contribution in [3.63, 3.8) is 0 Å². The van der Waals surface area contributed by atoms with Crippen molar-refractivity contribution >= 4 is 21.4 Å². The van der Waals surface area contributed by atoms with Gasteiger partial charge in [0.2, 0.25) is 0 Å². The molecule has 1 N–H and O–H groups in total. The van der Waals surface area contributed by atoms with Gasteiger partial charge in [-0.2, -0.15) is 0 Å². The minimum Gasteiger partial charge on any atom is -0.314 e. The summed E-state index contributed by atoms with van der Waals surface area (Å²) in [6, 6.07) is 9.60. The van der Waals surface area contributed by atoms with E-state index in [1.165, 1.54) is 48.1 Å². The van der Waals surface area contributed by atoms with Gasteiger partial charge in [-0.15, -0.1) is 11.3 Å². The molecule has 2 saturated heterocycles. The molecule has 2 aromatic rings. The lowest BCUT2D eigenvalue weighted by Gasteiger charge is -2.34. The Morgan fingerprint density at radius 2 is 2.21 bits per heavy atom. The summed E-state index contributed by atoms with van der Waals surface area (Å²) < 4.78 is 1.43. The van der Waals surface area contributed by atoms with Gasteiger partial charge in [-0.3, -0.25) is 4.90 Å². The van der Waals surface area contributed by atoms with E-state index in [2.05, 4.69) is 39.9 Å². The highest BCUT2D eigenvalue weighted by atomic mass is 32.1. The molecule has 3 heterocycles. The molecule has 1 aromatic heterocycles. The average Bonchev–Trinajstić information content (AvgIpc) is 3.06. The molecule has 0 saturated carbocycles. The molecule has 19 heavy (non-hydrogen) atoms. The van der Waals surface area contributed by atoms with Crippen molar-refractivity contribution in [3.05, 3.63) is 35.2 Å². The summed E-state index contributed by atoms with van der Waals surface area (Å²) in [6.45, 7) is 4.89. The Bertz CT molecular complexity index is 577. The van der Waals surface area contributed by atoms with E-state index in [1.54, 1.807) is 0 Å². The van der Waals surface area contributed by atoms with Gasteiger partial charge in [-0.25, -0.2) is 0 Å². The maximum Gasteiger partial charge on any atom is 0.0346 e. The minimum atomic E-state index is 0.801. The first kappa shape index (κ1) is 11.9. The van der Waals surface area contributed by atoms with Crippen molar-refractivity contribution in [3.8, 4) is 0 Å². The number of likely N-dealkylation sites (tertiary alicyclic amines) is 1. The second-order valence-corrected chi connectivity index (χ2v) is 6.80. The first-order chi connectivity index (χ1) is 9.40. The number of benzene rings is 1. The van der Waals surface area contributed by atoms with Crippen LogP contribution >= 0.6 is 11.3 Å². The minimum absolute atomic E-state index is 0.801. The fraction of sp³-hybridized carbons (Fsp3) is 0.500. The first-order valence-corrected chi connectivity index (χ1v) is 8.19. The van der Waals surface area contributed by atoms with Gasteiger partial charge in [-0.05, 0) is 54.2 Å². The van der Waals surface area contributed by atoms with E-state index in [4.69, 9.17) is 0 Å². The summed E-state index contributed by atoms with van der Waals surface area (Å²) in [5.41, 5.74) is 1.52. The summed E-state index contributed by atoms with van der Waals surface area (Å²) in [5, 5.41) is 7.45. The van der Waals surface area contributed by atoms with Gasteiger partial charge in [0.05, 0.1) is 0 Å². The molecule has 1 aromatic carbocycles.